The van der Waals surface area contributed by atoms with E-state index in [2.05, 4.69) is 22.3 Å². The van der Waals surface area contributed by atoms with Crippen molar-refractivity contribution in [3.8, 4) is 0 Å². The first-order valence-corrected chi connectivity index (χ1v) is 5.35. The van der Waals surface area contributed by atoms with Crippen LogP contribution in [-0.4, -0.2) is 45.8 Å². The van der Waals surface area contributed by atoms with Crippen molar-refractivity contribution in [2.24, 2.45) is 0 Å². The van der Waals surface area contributed by atoms with Gasteiger partial charge in [0.25, 0.3) is 0 Å². The van der Waals surface area contributed by atoms with Gasteiger partial charge in [0, 0.05) is 6.04 Å². The van der Waals surface area contributed by atoms with Crippen molar-refractivity contribution >= 4 is 6.29 Å². The maximum atomic E-state index is 10.5. The van der Waals surface area contributed by atoms with Gasteiger partial charge >= 0.3 is 0 Å². The van der Waals surface area contributed by atoms with Crippen LogP contribution in [0.4, 0.5) is 0 Å². The number of piperidine rings is 1. The molecule has 1 saturated heterocycles. The Morgan fingerprint density at radius 2 is 2.47 bits per heavy atom. The molecule has 0 saturated carbocycles. The Bertz CT molecular complexity index is 336. The number of hydrogen-bond acceptors (Lipinski definition) is 4. The summed E-state index contributed by atoms with van der Waals surface area (Å²) >= 11 is 0. The second kappa shape index (κ2) is 4.53. The lowest BCUT2D eigenvalue weighted by atomic mass is 10.0. The molecule has 0 spiro atoms. The van der Waals surface area contributed by atoms with E-state index >= 15 is 0 Å². The molecule has 1 atom stereocenters. The molecule has 5 nitrogen and oxygen atoms in total. The lowest BCUT2D eigenvalue weighted by molar-refractivity contribution is 0.111. The van der Waals surface area contributed by atoms with Gasteiger partial charge in [-0.2, -0.15) is 0 Å². The molecule has 1 aromatic heterocycles. The number of carbonyl (C=O) groups is 1. The van der Waals surface area contributed by atoms with Gasteiger partial charge in [-0.3, -0.25) is 9.48 Å². The summed E-state index contributed by atoms with van der Waals surface area (Å²) in [5.74, 6) is 0. The van der Waals surface area contributed by atoms with Crippen LogP contribution in [0.25, 0.3) is 0 Å². The van der Waals surface area contributed by atoms with Crippen molar-refractivity contribution in [1.29, 1.82) is 0 Å². The van der Waals surface area contributed by atoms with Crippen molar-refractivity contribution in [3.05, 3.63) is 11.9 Å². The molecule has 0 bridgehead atoms. The van der Waals surface area contributed by atoms with Crippen molar-refractivity contribution in [1.82, 2.24) is 19.9 Å². The normalized spacial score (nSPS) is 22.9. The zero-order valence-corrected chi connectivity index (χ0v) is 8.96. The summed E-state index contributed by atoms with van der Waals surface area (Å²) in [6.45, 7) is 1.98. The Kier molecular flexibility index (Phi) is 3.11. The third kappa shape index (κ3) is 2.41. The molecular formula is C10H16N4O. The van der Waals surface area contributed by atoms with E-state index in [1.165, 1.54) is 19.3 Å². The summed E-state index contributed by atoms with van der Waals surface area (Å²) in [5, 5.41) is 7.68. The molecule has 0 N–H and O–H groups in total. The van der Waals surface area contributed by atoms with Crippen LogP contribution in [0.1, 0.15) is 29.8 Å². The van der Waals surface area contributed by atoms with E-state index in [0.717, 1.165) is 19.4 Å². The van der Waals surface area contributed by atoms with Gasteiger partial charge in [-0.05, 0) is 26.4 Å². The molecular weight excluding hydrogens is 192 g/mol. The smallest absolute Gasteiger partial charge is 0.171 e. The largest absolute Gasteiger partial charge is 0.302 e. The Hall–Kier alpha value is -1.23. The van der Waals surface area contributed by atoms with Gasteiger partial charge in [0.2, 0.25) is 0 Å². The average molecular weight is 208 g/mol. The van der Waals surface area contributed by atoms with Crippen molar-refractivity contribution in [2.75, 3.05) is 13.6 Å². The zero-order chi connectivity index (χ0) is 10.7. The molecule has 82 valence electrons. The summed E-state index contributed by atoms with van der Waals surface area (Å²) in [7, 11) is 2.14. The summed E-state index contributed by atoms with van der Waals surface area (Å²) in [5.41, 5.74) is 0.411. The highest BCUT2D eigenvalue weighted by molar-refractivity contribution is 5.70. The lowest BCUT2D eigenvalue weighted by Gasteiger charge is -2.32. The summed E-state index contributed by atoms with van der Waals surface area (Å²) in [6.07, 6.45) is 6.20. The molecule has 1 aliphatic rings. The van der Waals surface area contributed by atoms with Crippen molar-refractivity contribution in [2.45, 2.75) is 31.8 Å². The second-order valence-corrected chi connectivity index (χ2v) is 4.11. The summed E-state index contributed by atoms with van der Waals surface area (Å²) < 4.78 is 1.76. The highest BCUT2D eigenvalue weighted by Gasteiger charge is 2.19. The maximum Gasteiger partial charge on any atom is 0.171 e. The molecule has 0 radical (unpaired) electrons. The van der Waals surface area contributed by atoms with Crippen LogP contribution in [0.5, 0.6) is 0 Å². The van der Waals surface area contributed by atoms with E-state index < -0.39 is 0 Å². The van der Waals surface area contributed by atoms with E-state index in [1.54, 1.807) is 10.9 Å². The minimum Gasteiger partial charge on any atom is -0.302 e. The van der Waals surface area contributed by atoms with E-state index in [4.69, 9.17) is 0 Å². The zero-order valence-electron chi connectivity index (χ0n) is 8.96. The quantitative estimate of drug-likeness (QED) is 0.682. The standard InChI is InChI=1S/C10H16N4O/c1-13-5-3-2-4-10(13)7-14-6-9(8-15)11-12-14/h6,8,10H,2-5,7H2,1H3. The number of aromatic nitrogens is 3. The van der Waals surface area contributed by atoms with E-state index in [9.17, 15) is 4.79 Å². The van der Waals surface area contributed by atoms with Gasteiger partial charge in [0.1, 0.15) is 5.69 Å². The van der Waals surface area contributed by atoms with Gasteiger partial charge < -0.3 is 4.90 Å². The number of carbonyl (C=O) groups excluding carboxylic acids is 1. The number of likely N-dealkylation sites (tertiary alicyclic amines) is 1. The van der Waals surface area contributed by atoms with Crippen molar-refractivity contribution in [3.63, 3.8) is 0 Å². The first-order valence-electron chi connectivity index (χ1n) is 5.35. The minimum atomic E-state index is 0.411. The SMILES string of the molecule is CN1CCCCC1Cn1cc(C=O)nn1. The Labute approximate surface area is 89.1 Å². The summed E-state index contributed by atoms with van der Waals surface area (Å²) in [4.78, 5) is 12.8. The molecule has 1 unspecified atom stereocenters. The van der Waals surface area contributed by atoms with Gasteiger partial charge in [-0.25, -0.2) is 0 Å². The molecule has 0 amide bonds. The van der Waals surface area contributed by atoms with Crippen LogP contribution in [0, 0.1) is 0 Å². The maximum absolute atomic E-state index is 10.5. The van der Waals surface area contributed by atoms with Crippen molar-refractivity contribution < 1.29 is 4.79 Å². The number of rotatable bonds is 3. The molecule has 0 aliphatic carbocycles. The molecule has 1 fully saturated rings. The third-order valence-electron chi connectivity index (χ3n) is 3.00. The molecule has 1 aromatic rings. The second-order valence-electron chi connectivity index (χ2n) is 4.11. The lowest BCUT2D eigenvalue weighted by Crippen LogP contribution is -2.39. The third-order valence-corrected chi connectivity index (χ3v) is 3.00. The van der Waals surface area contributed by atoms with Crippen LogP contribution >= 0.6 is 0 Å². The van der Waals surface area contributed by atoms with Gasteiger partial charge in [0.15, 0.2) is 6.29 Å². The molecule has 5 heteroatoms. The highest BCUT2D eigenvalue weighted by Crippen LogP contribution is 2.16. The minimum absolute atomic E-state index is 0.411. The fourth-order valence-corrected chi connectivity index (χ4v) is 2.05. The Morgan fingerprint density at radius 3 is 3.13 bits per heavy atom. The highest BCUT2D eigenvalue weighted by atomic mass is 16.1. The number of aldehydes is 1. The number of nitrogens with zero attached hydrogens (tertiary/aromatic N) is 4. The van der Waals surface area contributed by atoms with E-state index in [1.807, 2.05) is 0 Å². The predicted molar refractivity (Wildman–Crippen MR) is 55.7 cm³/mol. The molecule has 0 aromatic carbocycles. The Morgan fingerprint density at radius 1 is 1.60 bits per heavy atom. The van der Waals surface area contributed by atoms with Gasteiger partial charge in [-0.15, -0.1) is 5.10 Å². The number of hydrogen-bond donors (Lipinski definition) is 0. The monoisotopic (exact) mass is 208 g/mol. The first-order chi connectivity index (χ1) is 7.29. The van der Waals surface area contributed by atoms with Crippen LogP contribution in [0.15, 0.2) is 6.20 Å². The molecule has 2 heterocycles. The topological polar surface area (TPSA) is 51.0 Å². The fourth-order valence-electron chi connectivity index (χ4n) is 2.05. The number of likely N-dealkylation sites (N-methyl/N-ethyl adjacent to an activating group) is 1. The predicted octanol–water partition coefficient (Wildman–Crippen LogP) is 0.575. The van der Waals surface area contributed by atoms with Gasteiger partial charge in [-0.1, -0.05) is 11.6 Å². The summed E-state index contributed by atoms with van der Waals surface area (Å²) in [6, 6.07) is 0.528. The van der Waals surface area contributed by atoms with Crippen LogP contribution in [-0.2, 0) is 6.54 Å². The average Bonchev–Trinajstić information content (AvgIpc) is 2.69. The van der Waals surface area contributed by atoms with Crippen LogP contribution in [0.2, 0.25) is 0 Å². The molecule has 2 rings (SSSR count). The molecule has 15 heavy (non-hydrogen) atoms. The van der Waals surface area contributed by atoms with E-state index in [0.29, 0.717) is 11.7 Å². The fraction of sp³-hybridized carbons (Fsp3) is 0.700. The molecule has 1 aliphatic heterocycles. The van der Waals surface area contributed by atoms with Crippen LogP contribution in [0.3, 0.4) is 0 Å². The Balaban J connectivity index is 1.97. The first kappa shape index (κ1) is 10.3. The van der Waals surface area contributed by atoms with Crippen LogP contribution < -0.4 is 0 Å². The van der Waals surface area contributed by atoms with E-state index in [-0.39, 0.29) is 0 Å². The van der Waals surface area contributed by atoms with Gasteiger partial charge in [0.05, 0.1) is 12.7 Å².